The van der Waals surface area contributed by atoms with Crippen molar-refractivity contribution in [2.45, 2.75) is 6.92 Å². The number of hydrogen-bond donors (Lipinski definition) is 2. The quantitative estimate of drug-likeness (QED) is 0.460. The Kier molecular flexibility index (Phi) is 5.21. The van der Waals surface area contributed by atoms with Gasteiger partial charge in [-0.2, -0.15) is 0 Å². The second kappa shape index (κ2) is 7.32. The van der Waals surface area contributed by atoms with Crippen LogP contribution in [0.1, 0.15) is 5.56 Å². The lowest BCUT2D eigenvalue weighted by molar-refractivity contribution is -0.383. The third-order valence-corrected chi connectivity index (χ3v) is 2.88. The Morgan fingerprint density at radius 3 is 2.77 bits per heavy atom. The summed E-state index contributed by atoms with van der Waals surface area (Å²) >= 11 is 0. The van der Waals surface area contributed by atoms with Gasteiger partial charge in [-0.3, -0.25) is 10.1 Å². The van der Waals surface area contributed by atoms with E-state index in [2.05, 4.69) is 20.6 Å². The third-order valence-electron chi connectivity index (χ3n) is 2.88. The summed E-state index contributed by atoms with van der Waals surface area (Å²) in [7, 11) is 1.56. The summed E-state index contributed by atoms with van der Waals surface area (Å²) in [5.74, 6) is 0.303. The highest BCUT2D eigenvalue weighted by molar-refractivity contribution is 5.73. The van der Waals surface area contributed by atoms with Crippen molar-refractivity contribution in [3.8, 4) is 0 Å². The predicted octanol–water partition coefficient (Wildman–Crippen LogP) is 2.50. The second-order valence-corrected chi connectivity index (χ2v) is 4.59. The number of rotatable bonds is 7. The number of ether oxygens (including phenoxy) is 1. The molecular weight excluding hydrogens is 286 g/mol. The fourth-order valence-corrected chi connectivity index (χ4v) is 1.90. The highest BCUT2D eigenvalue weighted by Gasteiger charge is 2.22. The maximum absolute atomic E-state index is 11.3. The van der Waals surface area contributed by atoms with E-state index in [-0.39, 0.29) is 17.3 Å². The molecule has 0 spiro atoms. The minimum absolute atomic E-state index is 0.144. The number of methoxy groups -OCH3 is 1. The van der Waals surface area contributed by atoms with Gasteiger partial charge in [-0.25, -0.2) is 9.97 Å². The number of aromatic nitrogens is 2. The van der Waals surface area contributed by atoms with Crippen molar-refractivity contribution in [3.63, 3.8) is 0 Å². The Balaban J connectivity index is 2.30. The summed E-state index contributed by atoms with van der Waals surface area (Å²) in [6, 6.07) is 7.50. The van der Waals surface area contributed by atoms with Gasteiger partial charge in [0.25, 0.3) is 0 Å². The molecule has 0 atom stereocenters. The Morgan fingerprint density at radius 2 is 2.09 bits per heavy atom. The minimum atomic E-state index is -0.507. The zero-order valence-corrected chi connectivity index (χ0v) is 12.4. The zero-order valence-electron chi connectivity index (χ0n) is 12.4. The van der Waals surface area contributed by atoms with E-state index in [0.717, 1.165) is 11.3 Å². The first kappa shape index (κ1) is 15.6. The van der Waals surface area contributed by atoms with Gasteiger partial charge in [0.15, 0.2) is 0 Å². The molecule has 0 saturated carbocycles. The number of anilines is 3. The predicted molar refractivity (Wildman–Crippen MR) is 83.5 cm³/mol. The number of nitrogens with zero attached hydrogens (tertiary/aromatic N) is 3. The number of hydrogen-bond acceptors (Lipinski definition) is 7. The number of benzene rings is 1. The largest absolute Gasteiger partial charge is 0.383 e. The summed E-state index contributed by atoms with van der Waals surface area (Å²) in [6.07, 6.45) is 1.28. The zero-order chi connectivity index (χ0) is 15.9. The molecule has 1 heterocycles. The SMILES string of the molecule is COCCNc1ncnc(Nc2cccc(C)c2)c1[N+](=O)[O-]. The normalized spacial score (nSPS) is 10.3. The van der Waals surface area contributed by atoms with Gasteiger partial charge in [-0.15, -0.1) is 0 Å². The van der Waals surface area contributed by atoms with E-state index in [9.17, 15) is 10.1 Å². The Morgan fingerprint density at radius 1 is 1.32 bits per heavy atom. The standard InChI is InChI=1S/C14H17N5O3/c1-10-4-3-5-11(8-10)18-14-12(19(20)21)13(16-9-17-14)15-6-7-22-2/h3-5,8-9H,6-7H2,1-2H3,(H2,15,16,17,18). The molecule has 0 fully saturated rings. The van der Waals surface area contributed by atoms with E-state index in [1.54, 1.807) is 7.11 Å². The van der Waals surface area contributed by atoms with Crippen molar-refractivity contribution < 1.29 is 9.66 Å². The molecule has 0 bridgehead atoms. The molecule has 0 aliphatic carbocycles. The lowest BCUT2D eigenvalue weighted by Gasteiger charge is -2.10. The third kappa shape index (κ3) is 3.89. The Hall–Kier alpha value is -2.74. The van der Waals surface area contributed by atoms with Crippen LogP contribution in [-0.2, 0) is 4.74 Å². The molecule has 8 heteroatoms. The lowest BCUT2D eigenvalue weighted by atomic mass is 10.2. The van der Waals surface area contributed by atoms with Crippen LogP contribution in [0.15, 0.2) is 30.6 Å². The van der Waals surface area contributed by atoms with Gasteiger partial charge in [-0.05, 0) is 24.6 Å². The molecule has 2 aromatic rings. The van der Waals surface area contributed by atoms with Crippen molar-refractivity contribution >= 4 is 23.0 Å². The van der Waals surface area contributed by atoms with E-state index in [0.29, 0.717) is 13.2 Å². The first-order valence-electron chi connectivity index (χ1n) is 6.67. The smallest absolute Gasteiger partial charge is 0.353 e. The molecule has 0 aliphatic rings. The first-order valence-corrected chi connectivity index (χ1v) is 6.67. The van der Waals surface area contributed by atoms with Crippen molar-refractivity contribution in [2.75, 3.05) is 30.9 Å². The van der Waals surface area contributed by atoms with Crippen LogP contribution in [0, 0.1) is 17.0 Å². The fourth-order valence-electron chi connectivity index (χ4n) is 1.90. The van der Waals surface area contributed by atoms with Gasteiger partial charge < -0.3 is 15.4 Å². The van der Waals surface area contributed by atoms with Gasteiger partial charge in [-0.1, -0.05) is 12.1 Å². The average Bonchev–Trinajstić information content (AvgIpc) is 2.47. The van der Waals surface area contributed by atoms with Gasteiger partial charge in [0.2, 0.25) is 11.6 Å². The van der Waals surface area contributed by atoms with E-state index in [1.165, 1.54) is 6.33 Å². The molecule has 0 saturated heterocycles. The molecule has 1 aromatic carbocycles. The summed E-state index contributed by atoms with van der Waals surface area (Å²) in [4.78, 5) is 18.8. The maximum Gasteiger partial charge on any atom is 0.353 e. The maximum atomic E-state index is 11.3. The Bertz CT molecular complexity index is 663. The lowest BCUT2D eigenvalue weighted by Crippen LogP contribution is -2.12. The minimum Gasteiger partial charge on any atom is -0.383 e. The van der Waals surface area contributed by atoms with Gasteiger partial charge in [0.1, 0.15) is 6.33 Å². The van der Waals surface area contributed by atoms with Crippen molar-refractivity contribution in [2.24, 2.45) is 0 Å². The van der Waals surface area contributed by atoms with Gasteiger partial charge >= 0.3 is 5.69 Å². The molecule has 116 valence electrons. The highest BCUT2D eigenvalue weighted by atomic mass is 16.6. The van der Waals surface area contributed by atoms with Crippen LogP contribution < -0.4 is 10.6 Å². The molecule has 2 N–H and O–H groups in total. The van der Waals surface area contributed by atoms with Crippen LogP contribution in [-0.4, -0.2) is 35.2 Å². The van der Waals surface area contributed by atoms with Crippen LogP contribution in [0.5, 0.6) is 0 Å². The summed E-state index contributed by atoms with van der Waals surface area (Å²) in [5.41, 5.74) is 1.57. The van der Waals surface area contributed by atoms with Crippen molar-refractivity contribution in [1.29, 1.82) is 0 Å². The highest BCUT2D eigenvalue weighted by Crippen LogP contribution is 2.31. The van der Waals surface area contributed by atoms with E-state index in [1.807, 2.05) is 31.2 Å². The van der Waals surface area contributed by atoms with Crippen LogP contribution in [0.4, 0.5) is 23.0 Å². The number of nitrogens with one attached hydrogen (secondary N) is 2. The number of aryl methyl sites for hydroxylation is 1. The van der Waals surface area contributed by atoms with Crippen molar-refractivity contribution in [1.82, 2.24) is 9.97 Å². The van der Waals surface area contributed by atoms with Crippen molar-refractivity contribution in [3.05, 3.63) is 46.3 Å². The molecule has 1 aromatic heterocycles. The van der Waals surface area contributed by atoms with Gasteiger partial charge in [0, 0.05) is 19.3 Å². The summed E-state index contributed by atoms with van der Waals surface area (Å²) < 4.78 is 4.91. The van der Waals surface area contributed by atoms with E-state index >= 15 is 0 Å². The van der Waals surface area contributed by atoms with E-state index in [4.69, 9.17) is 4.74 Å². The average molecular weight is 303 g/mol. The topological polar surface area (TPSA) is 102 Å². The van der Waals surface area contributed by atoms with Crippen LogP contribution >= 0.6 is 0 Å². The van der Waals surface area contributed by atoms with E-state index < -0.39 is 4.92 Å². The fraction of sp³-hybridized carbons (Fsp3) is 0.286. The van der Waals surface area contributed by atoms with Crippen LogP contribution in [0.2, 0.25) is 0 Å². The molecule has 22 heavy (non-hydrogen) atoms. The Labute approximate surface area is 127 Å². The summed E-state index contributed by atoms with van der Waals surface area (Å²) in [5, 5.41) is 17.2. The van der Waals surface area contributed by atoms with Crippen LogP contribution in [0.3, 0.4) is 0 Å². The molecule has 8 nitrogen and oxygen atoms in total. The molecule has 0 unspecified atom stereocenters. The number of nitro groups is 1. The molecule has 0 amide bonds. The monoisotopic (exact) mass is 303 g/mol. The van der Waals surface area contributed by atoms with Gasteiger partial charge in [0.05, 0.1) is 11.5 Å². The first-order chi connectivity index (χ1) is 10.6. The molecular formula is C14H17N5O3. The molecule has 2 rings (SSSR count). The van der Waals surface area contributed by atoms with Crippen LogP contribution in [0.25, 0.3) is 0 Å². The molecule has 0 aliphatic heterocycles. The summed E-state index contributed by atoms with van der Waals surface area (Å²) in [6.45, 7) is 2.78. The molecule has 0 radical (unpaired) electrons. The second-order valence-electron chi connectivity index (χ2n) is 4.59.